The van der Waals surface area contributed by atoms with Gasteiger partial charge in [0.1, 0.15) is 0 Å². The monoisotopic (exact) mass is 382 g/mol. The molecule has 0 radical (unpaired) electrons. The number of carbonyl (C=O) groups is 1. The Labute approximate surface area is 162 Å². The van der Waals surface area contributed by atoms with Gasteiger partial charge in [0.15, 0.2) is 0 Å². The number of piperidine rings is 1. The van der Waals surface area contributed by atoms with Gasteiger partial charge in [-0.15, -0.1) is 11.3 Å². The van der Waals surface area contributed by atoms with E-state index in [1.807, 2.05) is 13.0 Å². The van der Waals surface area contributed by atoms with Gasteiger partial charge in [0.05, 0.1) is 11.6 Å². The largest absolute Gasteiger partial charge is 0.450 e. The average Bonchev–Trinajstić information content (AvgIpc) is 3.13. The molecule has 7 heteroatoms. The number of hydrogen-bond acceptors (Lipinski definition) is 6. The van der Waals surface area contributed by atoms with Gasteiger partial charge in [-0.1, -0.05) is 18.2 Å². The molecule has 0 unspecified atom stereocenters. The van der Waals surface area contributed by atoms with E-state index in [1.165, 1.54) is 10.1 Å². The molecule has 2 aromatic heterocycles. The second kappa shape index (κ2) is 7.92. The fourth-order valence-corrected chi connectivity index (χ4v) is 4.60. The van der Waals surface area contributed by atoms with Gasteiger partial charge in [-0.3, -0.25) is 4.90 Å². The highest BCUT2D eigenvalue weighted by molar-refractivity contribution is 7.22. The highest BCUT2D eigenvalue weighted by Crippen LogP contribution is 2.38. The summed E-state index contributed by atoms with van der Waals surface area (Å²) in [6.07, 6.45) is 5.03. The third kappa shape index (κ3) is 3.73. The summed E-state index contributed by atoms with van der Waals surface area (Å²) in [5.41, 5.74) is 0. The molecule has 1 aliphatic rings. The zero-order chi connectivity index (χ0) is 18.6. The number of nitrogens with zero attached hydrogens (tertiary/aromatic N) is 4. The van der Waals surface area contributed by atoms with Crippen molar-refractivity contribution in [1.82, 2.24) is 14.9 Å². The van der Waals surface area contributed by atoms with Gasteiger partial charge in [0.25, 0.3) is 0 Å². The number of likely N-dealkylation sites (tertiary alicyclic amines) is 1. The van der Waals surface area contributed by atoms with Crippen LogP contribution in [0.1, 0.15) is 19.8 Å². The van der Waals surface area contributed by atoms with Crippen molar-refractivity contribution in [3.05, 3.63) is 48.8 Å². The molecule has 140 valence electrons. The predicted molar refractivity (Wildman–Crippen MR) is 108 cm³/mol. The van der Waals surface area contributed by atoms with Crippen LogP contribution in [-0.4, -0.2) is 46.7 Å². The number of carbonyl (C=O) groups excluding carboxylic acids is 1. The molecule has 4 rings (SSSR count). The summed E-state index contributed by atoms with van der Waals surface area (Å²) in [6.45, 7) is 3.60. The van der Waals surface area contributed by atoms with E-state index in [0.29, 0.717) is 25.6 Å². The highest BCUT2D eigenvalue weighted by Gasteiger charge is 2.30. The Morgan fingerprint density at radius 2 is 1.96 bits per heavy atom. The number of anilines is 2. The lowest BCUT2D eigenvalue weighted by molar-refractivity contribution is 0.0973. The fraction of sp³-hybridized carbons (Fsp3) is 0.350. The van der Waals surface area contributed by atoms with Crippen LogP contribution in [0.25, 0.3) is 10.1 Å². The van der Waals surface area contributed by atoms with Gasteiger partial charge in [-0.2, -0.15) is 0 Å². The summed E-state index contributed by atoms with van der Waals surface area (Å²) in [4.78, 5) is 25.0. The molecule has 3 aromatic rings. The molecule has 1 saturated heterocycles. The van der Waals surface area contributed by atoms with Crippen LogP contribution in [0.4, 0.5) is 15.7 Å². The van der Waals surface area contributed by atoms with Crippen molar-refractivity contribution >= 4 is 38.5 Å². The fourth-order valence-electron chi connectivity index (χ4n) is 3.47. The number of hydrogen-bond donors (Lipinski definition) is 0. The Balaban J connectivity index is 1.61. The minimum Gasteiger partial charge on any atom is -0.450 e. The van der Waals surface area contributed by atoms with E-state index in [4.69, 9.17) is 4.74 Å². The number of fused-ring (bicyclic) bond motifs is 1. The maximum Gasteiger partial charge on any atom is 0.409 e. The number of thiophene rings is 1. The number of amides is 1. The maximum atomic E-state index is 12.0. The van der Waals surface area contributed by atoms with Crippen LogP contribution in [-0.2, 0) is 4.74 Å². The summed E-state index contributed by atoms with van der Waals surface area (Å²) < 4.78 is 6.38. The topological polar surface area (TPSA) is 58.6 Å². The molecule has 27 heavy (non-hydrogen) atoms. The average molecular weight is 382 g/mol. The summed E-state index contributed by atoms with van der Waals surface area (Å²) in [5.74, 6) is 0.707. The summed E-state index contributed by atoms with van der Waals surface area (Å²) in [7, 11) is 0. The zero-order valence-electron chi connectivity index (χ0n) is 15.2. The van der Waals surface area contributed by atoms with Crippen LogP contribution in [0.3, 0.4) is 0 Å². The molecule has 0 spiro atoms. The summed E-state index contributed by atoms with van der Waals surface area (Å²) in [6, 6.07) is 12.7. The zero-order valence-corrected chi connectivity index (χ0v) is 16.1. The predicted octanol–water partition coefficient (Wildman–Crippen LogP) is 4.45. The van der Waals surface area contributed by atoms with Crippen LogP contribution in [0.5, 0.6) is 0 Å². The maximum absolute atomic E-state index is 12.0. The quantitative estimate of drug-likeness (QED) is 0.667. The van der Waals surface area contributed by atoms with Gasteiger partial charge in [-0.05, 0) is 43.4 Å². The number of benzene rings is 1. The van der Waals surface area contributed by atoms with Gasteiger partial charge >= 0.3 is 6.09 Å². The number of rotatable bonds is 4. The molecule has 1 amide bonds. The lowest BCUT2D eigenvalue weighted by Gasteiger charge is -2.37. The molecule has 1 fully saturated rings. The summed E-state index contributed by atoms with van der Waals surface area (Å²) >= 11 is 1.75. The van der Waals surface area contributed by atoms with Crippen LogP contribution >= 0.6 is 11.3 Å². The Morgan fingerprint density at radius 3 is 2.67 bits per heavy atom. The van der Waals surface area contributed by atoms with Crippen molar-refractivity contribution in [1.29, 1.82) is 0 Å². The first kappa shape index (κ1) is 17.7. The molecular weight excluding hydrogens is 360 g/mol. The number of aromatic nitrogens is 2. The molecular formula is C20H22N4O2S. The van der Waals surface area contributed by atoms with Crippen molar-refractivity contribution in [2.75, 3.05) is 24.6 Å². The SMILES string of the molecule is CCOC(=O)N1CCC(N(c2ncccn2)c2cc3ccccc3s2)CC1. The molecule has 1 aliphatic heterocycles. The smallest absolute Gasteiger partial charge is 0.409 e. The van der Waals surface area contributed by atoms with E-state index in [2.05, 4.69) is 45.2 Å². The van der Waals surface area contributed by atoms with E-state index < -0.39 is 0 Å². The Hall–Kier alpha value is -2.67. The van der Waals surface area contributed by atoms with Crippen LogP contribution < -0.4 is 4.90 Å². The van der Waals surface area contributed by atoms with Crippen molar-refractivity contribution in [2.24, 2.45) is 0 Å². The second-order valence-corrected chi connectivity index (χ2v) is 7.52. The second-order valence-electron chi connectivity index (χ2n) is 6.46. The van der Waals surface area contributed by atoms with Crippen molar-refractivity contribution in [2.45, 2.75) is 25.8 Å². The standard InChI is InChI=1S/C20H22N4O2S/c1-2-26-20(25)23-12-8-16(9-13-23)24(19-21-10-5-11-22-19)18-14-15-6-3-4-7-17(15)27-18/h3-7,10-11,14,16H,2,8-9,12-13H2,1H3. The lowest BCUT2D eigenvalue weighted by Crippen LogP contribution is -2.45. The van der Waals surface area contributed by atoms with Crippen LogP contribution in [0.2, 0.25) is 0 Å². The van der Waals surface area contributed by atoms with Gasteiger partial charge in [0, 0.05) is 36.2 Å². The molecule has 1 aromatic carbocycles. The third-order valence-electron chi connectivity index (χ3n) is 4.77. The Bertz CT molecular complexity index is 874. The van der Waals surface area contributed by atoms with E-state index in [-0.39, 0.29) is 12.1 Å². The lowest BCUT2D eigenvalue weighted by atomic mass is 10.0. The Morgan fingerprint density at radius 1 is 1.22 bits per heavy atom. The van der Waals surface area contributed by atoms with Crippen molar-refractivity contribution < 1.29 is 9.53 Å². The minimum atomic E-state index is -0.222. The first-order valence-electron chi connectivity index (χ1n) is 9.23. The first-order valence-corrected chi connectivity index (χ1v) is 10.0. The molecule has 0 atom stereocenters. The van der Waals surface area contributed by atoms with Gasteiger partial charge in [-0.25, -0.2) is 14.8 Å². The molecule has 0 aliphatic carbocycles. The van der Waals surface area contributed by atoms with E-state index in [0.717, 1.165) is 17.8 Å². The van der Waals surface area contributed by atoms with Crippen molar-refractivity contribution in [3.8, 4) is 0 Å². The summed E-state index contributed by atoms with van der Waals surface area (Å²) in [5, 5.41) is 2.36. The van der Waals surface area contributed by atoms with Crippen molar-refractivity contribution in [3.63, 3.8) is 0 Å². The van der Waals surface area contributed by atoms with Crippen LogP contribution in [0, 0.1) is 0 Å². The Kier molecular flexibility index (Phi) is 5.20. The highest BCUT2D eigenvalue weighted by atomic mass is 32.1. The third-order valence-corrected chi connectivity index (χ3v) is 5.89. The molecule has 6 nitrogen and oxygen atoms in total. The normalized spacial score (nSPS) is 15.1. The first-order chi connectivity index (χ1) is 13.3. The number of ether oxygens (including phenoxy) is 1. The van der Waals surface area contributed by atoms with Gasteiger partial charge in [0.2, 0.25) is 5.95 Å². The van der Waals surface area contributed by atoms with Crippen LogP contribution in [0.15, 0.2) is 48.8 Å². The van der Waals surface area contributed by atoms with E-state index in [9.17, 15) is 4.79 Å². The minimum absolute atomic E-state index is 0.222. The molecule has 0 saturated carbocycles. The van der Waals surface area contributed by atoms with Gasteiger partial charge < -0.3 is 9.64 Å². The molecule has 0 N–H and O–H groups in total. The molecule has 3 heterocycles. The van der Waals surface area contributed by atoms with E-state index in [1.54, 1.807) is 28.6 Å². The molecule has 0 bridgehead atoms. The van der Waals surface area contributed by atoms with E-state index >= 15 is 0 Å².